The van der Waals surface area contributed by atoms with Gasteiger partial charge in [-0.3, -0.25) is 0 Å². The summed E-state index contributed by atoms with van der Waals surface area (Å²) in [5, 5.41) is 0. The molecule has 1 nitrogen and oxygen atoms in total. The highest BCUT2D eigenvalue weighted by Gasteiger charge is 2.38. The standard InChI is InChI=1S/C20H25N/c1-19(2)8-9-20(3,4)17-12-15-14(11-16(17)19)6-5-13-7-10-21-18(13)15/h7,10-12,21H,5-6,8-9H2,1-4H3. The van der Waals surface area contributed by atoms with Gasteiger partial charge in [0.2, 0.25) is 0 Å². The van der Waals surface area contributed by atoms with Gasteiger partial charge in [0.15, 0.2) is 0 Å². The Kier molecular flexibility index (Phi) is 2.53. The zero-order valence-electron chi connectivity index (χ0n) is 13.6. The highest BCUT2D eigenvalue weighted by atomic mass is 14.7. The van der Waals surface area contributed by atoms with Gasteiger partial charge in [-0.25, -0.2) is 0 Å². The van der Waals surface area contributed by atoms with Crippen molar-refractivity contribution in [2.45, 2.75) is 64.2 Å². The zero-order valence-corrected chi connectivity index (χ0v) is 13.6. The van der Waals surface area contributed by atoms with Crippen LogP contribution >= 0.6 is 0 Å². The van der Waals surface area contributed by atoms with Gasteiger partial charge in [-0.1, -0.05) is 33.8 Å². The van der Waals surface area contributed by atoms with E-state index in [-0.39, 0.29) is 0 Å². The molecule has 0 amide bonds. The van der Waals surface area contributed by atoms with Crippen LogP contribution in [0.2, 0.25) is 0 Å². The van der Waals surface area contributed by atoms with E-state index in [9.17, 15) is 0 Å². The smallest absolute Gasteiger partial charge is 0.0489 e. The van der Waals surface area contributed by atoms with Gasteiger partial charge in [0.05, 0.1) is 0 Å². The van der Waals surface area contributed by atoms with Gasteiger partial charge in [-0.15, -0.1) is 0 Å². The Morgan fingerprint density at radius 3 is 2.19 bits per heavy atom. The third kappa shape index (κ3) is 1.83. The van der Waals surface area contributed by atoms with Crippen molar-refractivity contribution in [3.05, 3.63) is 46.6 Å². The van der Waals surface area contributed by atoms with Gasteiger partial charge in [0.1, 0.15) is 0 Å². The molecule has 2 aliphatic rings. The number of fused-ring (bicyclic) bond motifs is 4. The van der Waals surface area contributed by atoms with E-state index in [2.05, 4.69) is 57.1 Å². The molecule has 2 aromatic rings. The highest BCUT2D eigenvalue weighted by Crippen LogP contribution is 2.48. The lowest BCUT2D eigenvalue weighted by Crippen LogP contribution is -2.34. The summed E-state index contributed by atoms with van der Waals surface area (Å²) in [6.45, 7) is 9.64. The average Bonchev–Trinajstić information content (AvgIpc) is 2.91. The van der Waals surface area contributed by atoms with E-state index in [0.717, 1.165) is 0 Å². The minimum absolute atomic E-state index is 0.296. The summed E-state index contributed by atoms with van der Waals surface area (Å²) in [6, 6.07) is 7.27. The maximum Gasteiger partial charge on any atom is 0.0489 e. The number of aromatic nitrogens is 1. The van der Waals surface area contributed by atoms with Crippen LogP contribution in [0.3, 0.4) is 0 Å². The number of aryl methyl sites for hydroxylation is 2. The highest BCUT2D eigenvalue weighted by molar-refractivity contribution is 5.72. The minimum Gasteiger partial charge on any atom is -0.361 e. The van der Waals surface area contributed by atoms with E-state index in [1.165, 1.54) is 48.1 Å². The molecule has 4 rings (SSSR count). The fourth-order valence-corrected chi connectivity index (χ4v) is 4.23. The second-order valence-electron chi connectivity index (χ2n) is 8.20. The van der Waals surface area contributed by atoms with Gasteiger partial charge in [0, 0.05) is 17.5 Å². The normalized spacial score (nSPS) is 21.3. The van der Waals surface area contributed by atoms with Crippen molar-refractivity contribution in [3.63, 3.8) is 0 Å². The summed E-state index contributed by atoms with van der Waals surface area (Å²) in [5.41, 5.74) is 9.60. The van der Waals surface area contributed by atoms with Crippen LogP contribution in [-0.2, 0) is 23.7 Å². The predicted molar refractivity (Wildman–Crippen MR) is 88.9 cm³/mol. The van der Waals surface area contributed by atoms with Crippen LogP contribution in [0.1, 0.15) is 62.8 Å². The molecule has 1 aromatic carbocycles. The largest absolute Gasteiger partial charge is 0.361 e. The Balaban J connectivity index is 1.99. The van der Waals surface area contributed by atoms with Crippen molar-refractivity contribution >= 4 is 0 Å². The first-order valence-electron chi connectivity index (χ1n) is 8.23. The molecule has 1 N–H and O–H groups in total. The number of hydrogen-bond donors (Lipinski definition) is 1. The molecule has 0 bridgehead atoms. The van der Waals surface area contributed by atoms with E-state index in [0.29, 0.717) is 10.8 Å². The lowest BCUT2D eigenvalue weighted by molar-refractivity contribution is 0.331. The number of rotatable bonds is 0. The molecule has 0 saturated carbocycles. The van der Waals surface area contributed by atoms with Gasteiger partial charge < -0.3 is 4.98 Å². The molecule has 2 aliphatic carbocycles. The van der Waals surface area contributed by atoms with Crippen molar-refractivity contribution in [1.29, 1.82) is 0 Å². The second kappa shape index (κ2) is 4.03. The lowest BCUT2D eigenvalue weighted by atomic mass is 9.62. The predicted octanol–water partition coefficient (Wildman–Crippen LogP) is 5.13. The number of benzene rings is 1. The average molecular weight is 279 g/mol. The maximum atomic E-state index is 3.47. The molecule has 1 heteroatoms. The van der Waals surface area contributed by atoms with Crippen LogP contribution < -0.4 is 0 Å². The third-order valence-electron chi connectivity index (χ3n) is 5.84. The van der Waals surface area contributed by atoms with Crippen molar-refractivity contribution in [3.8, 4) is 11.3 Å². The minimum atomic E-state index is 0.296. The lowest BCUT2D eigenvalue weighted by Gasteiger charge is -2.42. The van der Waals surface area contributed by atoms with E-state index in [1.807, 2.05) is 0 Å². The van der Waals surface area contributed by atoms with Crippen LogP contribution in [-0.4, -0.2) is 4.98 Å². The first-order valence-corrected chi connectivity index (χ1v) is 8.23. The monoisotopic (exact) mass is 279 g/mol. The van der Waals surface area contributed by atoms with Crippen LogP contribution in [0, 0.1) is 0 Å². The molecule has 0 saturated heterocycles. The molecule has 0 radical (unpaired) electrons. The van der Waals surface area contributed by atoms with Gasteiger partial charge in [0.25, 0.3) is 0 Å². The molecule has 21 heavy (non-hydrogen) atoms. The molecule has 1 heterocycles. The molecular weight excluding hydrogens is 254 g/mol. The molecule has 0 unspecified atom stereocenters. The quantitative estimate of drug-likeness (QED) is 0.688. The summed E-state index contributed by atoms with van der Waals surface area (Å²) in [7, 11) is 0. The van der Waals surface area contributed by atoms with Gasteiger partial charge in [-0.05, 0) is 70.9 Å². The van der Waals surface area contributed by atoms with E-state index < -0.39 is 0 Å². The third-order valence-corrected chi connectivity index (χ3v) is 5.84. The molecule has 0 aliphatic heterocycles. The van der Waals surface area contributed by atoms with Crippen LogP contribution in [0.4, 0.5) is 0 Å². The Bertz CT molecular complexity index is 715. The Morgan fingerprint density at radius 2 is 1.48 bits per heavy atom. The van der Waals surface area contributed by atoms with Gasteiger partial charge >= 0.3 is 0 Å². The Hall–Kier alpha value is -1.50. The number of hydrogen-bond acceptors (Lipinski definition) is 0. The summed E-state index contributed by atoms with van der Waals surface area (Å²) in [5.74, 6) is 0. The van der Waals surface area contributed by atoms with Gasteiger partial charge in [-0.2, -0.15) is 0 Å². The molecular formula is C20H25N. The number of aromatic amines is 1. The first-order chi connectivity index (χ1) is 9.88. The fraction of sp³-hybridized carbons (Fsp3) is 0.500. The summed E-state index contributed by atoms with van der Waals surface area (Å²) >= 11 is 0. The summed E-state index contributed by atoms with van der Waals surface area (Å²) in [6.07, 6.45) is 7.02. The molecule has 1 aromatic heterocycles. The van der Waals surface area contributed by atoms with Crippen LogP contribution in [0.5, 0.6) is 0 Å². The van der Waals surface area contributed by atoms with Crippen molar-refractivity contribution < 1.29 is 0 Å². The Labute approximate surface area is 127 Å². The number of nitrogens with one attached hydrogen (secondary N) is 1. The second-order valence-corrected chi connectivity index (χ2v) is 8.20. The molecule has 0 fully saturated rings. The number of H-pyrrole nitrogens is 1. The first kappa shape index (κ1) is 13.2. The van der Waals surface area contributed by atoms with Crippen molar-refractivity contribution in [2.24, 2.45) is 0 Å². The van der Waals surface area contributed by atoms with E-state index >= 15 is 0 Å². The zero-order chi connectivity index (χ0) is 14.8. The van der Waals surface area contributed by atoms with Crippen LogP contribution in [0.15, 0.2) is 24.4 Å². The SMILES string of the molecule is CC1(C)CCC(C)(C)c2cc3c(cc21)CCc1cc[nH]c1-3. The van der Waals surface area contributed by atoms with Crippen molar-refractivity contribution in [2.75, 3.05) is 0 Å². The van der Waals surface area contributed by atoms with Crippen LogP contribution in [0.25, 0.3) is 11.3 Å². The summed E-state index contributed by atoms with van der Waals surface area (Å²) in [4.78, 5) is 3.47. The maximum absolute atomic E-state index is 3.47. The van der Waals surface area contributed by atoms with Crippen molar-refractivity contribution in [1.82, 2.24) is 4.98 Å². The molecule has 0 atom stereocenters. The topological polar surface area (TPSA) is 15.8 Å². The van der Waals surface area contributed by atoms with E-state index in [1.54, 1.807) is 11.1 Å². The Morgan fingerprint density at radius 1 is 0.857 bits per heavy atom. The molecule has 0 spiro atoms. The van der Waals surface area contributed by atoms with E-state index in [4.69, 9.17) is 0 Å². The fourth-order valence-electron chi connectivity index (χ4n) is 4.23. The molecule has 110 valence electrons. The summed E-state index contributed by atoms with van der Waals surface area (Å²) < 4.78 is 0.